The van der Waals surface area contributed by atoms with E-state index >= 15 is 0 Å². The molecule has 1 heterocycles. The average Bonchev–Trinajstić information content (AvgIpc) is 2.68. The lowest BCUT2D eigenvalue weighted by molar-refractivity contribution is -0.144. The quantitative estimate of drug-likeness (QED) is 0.495. The van der Waals surface area contributed by atoms with E-state index in [1.165, 1.54) is 10.6 Å². The molecule has 160 valence electrons. The van der Waals surface area contributed by atoms with Gasteiger partial charge in [0, 0.05) is 12.1 Å². The first-order chi connectivity index (χ1) is 14.1. The molecule has 0 aromatic heterocycles. The van der Waals surface area contributed by atoms with E-state index in [4.69, 9.17) is 9.47 Å². The van der Waals surface area contributed by atoms with Crippen molar-refractivity contribution in [3.8, 4) is 5.75 Å². The standard InChI is InChI=1S/C22H25NO6S/c1-15-9-16(2)11-19(10-15)28-14-22(25)29-13-21(24)18-6-7-20-17(12-18)5-4-8-23(20)30(3,26)27/h6-7,9-12H,4-5,8,13-14H2,1-3H3. The molecule has 1 aliphatic rings. The normalized spacial score (nSPS) is 13.5. The van der Waals surface area contributed by atoms with Gasteiger partial charge in [-0.1, -0.05) is 6.07 Å². The van der Waals surface area contributed by atoms with E-state index in [0.717, 1.165) is 16.7 Å². The molecule has 0 amide bonds. The van der Waals surface area contributed by atoms with Crippen molar-refractivity contribution in [2.24, 2.45) is 0 Å². The van der Waals surface area contributed by atoms with Crippen LogP contribution in [0.1, 0.15) is 33.5 Å². The molecule has 7 nitrogen and oxygen atoms in total. The number of ether oxygens (including phenoxy) is 2. The zero-order valence-electron chi connectivity index (χ0n) is 17.3. The van der Waals surface area contributed by atoms with Crippen molar-refractivity contribution in [1.29, 1.82) is 0 Å². The lowest BCUT2D eigenvalue weighted by Gasteiger charge is -2.29. The summed E-state index contributed by atoms with van der Waals surface area (Å²) in [6.07, 6.45) is 2.54. The molecule has 3 rings (SSSR count). The molecule has 1 aliphatic heterocycles. The second-order valence-electron chi connectivity index (χ2n) is 7.48. The number of sulfonamides is 1. The van der Waals surface area contributed by atoms with E-state index in [0.29, 0.717) is 36.4 Å². The smallest absolute Gasteiger partial charge is 0.344 e. The SMILES string of the molecule is Cc1cc(C)cc(OCC(=O)OCC(=O)c2ccc3c(c2)CCCN3S(C)(=O)=O)c1. The third-order valence-electron chi connectivity index (χ3n) is 4.79. The molecule has 0 atom stereocenters. The molecule has 0 spiro atoms. The van der Waals surface area contributed by atoms with Crippen molar-refractivity contribution in [1.82, 2.24) is 0 Å². The molecule has 0 unspecified atom stereocenters. The molecule has 30 heavy (non-hydrogen) atoms. The molecule has 8 heteroatoms. The van der Waals surface area contributed by atoms with Crippen LogP contribution in [0.5, 0.6) is 5.75 Å². The van der Waals surface area contributed by atoms with Crippen LogP contribution in [0, 0.1) is 13.8 Å². The van der Waals surface area contributed by atoms with Gasteiger partial charge in [0.2, 0.25) is 10.0 Å². The van der Waals surface area contributed by atoms with Gasteiger partial charge in [-0.3, -0.25) is 9.10 Å². The number of benzene rings is 2. The molecular weight excluding hydrogens is 406 g/mol. The van der Waals surface area contributed by atoms with E-state index in [-0.39, 0.29) is 12.4 Å². The van der Waals surface area contributed by atoms with Gasteiger partial charge in [0.05, 0.1) is 11.9 Å². The minimum atomic E-state index is -3.36. The molecule has 2 aromatic carbocycles. The van der Waals surface area contributed by atoms with Gasteiger partial charge in [0.1, 0.15) is 5.75 Å². The van der Waals surface area contributed by atoms with Gasteiger partial charge in [-0.25, -0.2) is 13.2 Å². The Morgan fingerprint density at radius 2 is 1.73 bits per heavy atom. The van der Waals surface area contributed by atoms with Gasteiger partial charge in [0.25, 0.3) is 0 Å². The highest BCUT2D eigenvalue weighted by Crippen LogP contribution is 2.30. The predicted octanol–water partition coefficient (Wildman–Crippen LogP) is 2.82. The Bertz CT molecular complexity index is 1060. The first kappa shape index (κ1) is 21.8. The summed E-state index contributed by atoms with van der Waals surface area (Å²) in [4.78, 5) is 24.4. The third-order valence-corrected chi connectivity index (χ3v) is 5.97. The Labute approximate surface area is 176 Å². The van der Waals surface area contributed by atoms with Crippen LogP contribution >= 0.6 is 0 Å². The van der Waals surface area contributed by atoms with Crippen molar-refractivity contribution in [2.45, 2.75) is 26.7 Å². The number of nitrogens with zero attached hydrogens (tertiary/aromatic N) is 1. The highest BCUT2D eigenvalue weighted by molar-refractivity contribution is 7.92. The second-order valence-corrected chi connectivity index (χ2v) is 9.38. The summed E-state index contributed by atoms with van der Waals surface area (Å²) >= 11 is 0. The Morgan fingerprint density at radius 3 is 2.40 bits per heavy atom. The van der Waals surface area contributed by atoms with Gasteiger partial charge in [-0.15, -0.1) is 0 Å². The molecule has 0 aliphatic carbocycles. The topological polar surface area (TPSA) is 90.0 Å². The molecule has 0 radical (unpaired) electrons. The van der Waals surface area contributed by atoms with E-state index in [1.54, 1.807) is 18.2 Å². The Kier molecular flexibility index (Phi) is 6.45. The van der Waals surface area contributed by atoms with Gasteiger partial charge in [0.15, 0.2) is 19.0 Å². The Hall–Kier alpha value is -2.87. The maximum atomic E-state index is 12.4. The lowest BCUT2D eigenvalue weighted by atomic mass is 9.99. The highest BCUT2D eigenvalue weighted by atomic mass is 32.2. The predicted molar refractivity (Wildman–Crippen MR) is 114 cm³/mol. The fourth-order valence-corrected chi connectivity index (χ4v) is 4.51. The van der Waals surface area contributed by atoms with E-state index in [9.17, 15) is 18.0 Å². The summed E-state index contributed by atoms with van der Waals surface area (Å²) in [5, 5.41) is 0. The molecule has 0 saturated carbocycles. The van der Waals surface area contributed by atoms with Crippen molar-refractivity contribution in [3.05, 3.63) is 58.7 Å². The monoisotopic (exact) mass is 431 g/mol. The van der Waals surface area contributed by atoms with Crippen LogP contribution in [0.15, 0.2) is 36.4 Å². The van der Waals surface area contributed by atoms with E-state index in [2.05, 4.69) is 0 Å². The van der Waals surface area contributed by atoms with Crippen molar-refractivity contribution >= 4 is 27.5 Å². The van der Waals surface area contributed by atoms with Gasteiger partial charge < -0.3 is 9.47 Å². The molecular formula is C22H25NO6S. The minimum absolute atomic E-state index is 0.288. The largest absolute Gasteiger partial charge is 0.482 e. The summed E-state index contributed by atoms with van der Waals surface area (Å²) < 4.78 is 35.7. The van der Waals surface area contributed by atoms with Gasteiger partial charge >= 0.3 is 5.97 Å². The van der Waals surface area contributed by atoms with Crippen LogP contribution in [0.25, 0.3) is 0 Å². The summed E-state index contributed by atoms with van der Waals surface area (Å²) in [6.45, 7) is 3.61. The highest BCUT2D eigenvalue weighted by Gasteiger charge is 2.24. The number of aryl methyl sites for hydroxylation is 3. The Morgan fingerprint density at radius 1 is 1.03 bits per heavy atom. The summed E-state index contributed by atoms with van der Waals surface area (Å²) in [6, 6.07) is 10.5. The number of hydrogen-bond donors (Lipinski definition) is 0. The number of carbonyl (C=O) groups is 2. The number of esters is 1. The van der Waals surface area contributed by atoms with Crippen molar-refractivity contribution < 1.29 is 27.5 Å². The van der Waals surface area contributed by atoms with Crippen LogP contribution in [0.2, 0.25) is 0 Å². The van der Waals surface area contributed by atoms with Gasteiger partial charge in [-0.2, -0.15) is 0 Å². The van der Waals surface area contributed by atoms with Crippen LogP contribution < -0.4 is 9.04 Å². The number of Topliss-reactive ketones (excluding diaryl/α,β-unsaturated/α-hetero) is 1. The number of anilines is 1. The fraction of sp³-hybridized carbons (Fsp3) is 0.364. The lowest BCUT2D eigenvalue weighted by Crippen LogP contribution is -2.34. The fourth-order valence-electron chi connectivity index (χ4n) is 3.51. The first-order valence-corrected chi connectivity index (χ1v) is 11.5. The zero-order chi connectivity index (χ0) is 21.9. The van der Waals surface area contributed by atoms with E-state index in [1.807, 2.05) is 32.0 Å². The second kappa shape index (κ2) is 8.87. The number of fused-ring (bicyclic) bond motifs is 1. The van der Waals surface area contributed by atoms with E-state index < -0.39 is 22.6 Å². The minimum Gasteiger partial charge on any atom is -0.482 e. The summed E-state index contributed by atoms with van der Waals surface area (Å²) in [7, 11) is -3.36. The number of rotatable bonds is 7. The number of hydrogen-bond acceptors (Lipinski definition) is 6. The van der Waals surface area contributed by atoms with Crippen molar-refractivity contribution in [2.75, 3.05) is 30.3 Å². The molecule has 0 bridgehead atoms. The first-order valence-electron chi connectivity index (χ1n) is 9.64. The molecule has 0 saturated heterocycles. The Balaban J connectivity index is 1.58. The average molecular weight is 432 g/mol. The summed E-state index contributed by atoms with van der Waals surface area (Å²) in [5.41, 5.74) is 3.82. The maximum absolute atomic E-state index is 12.4. The van der Waals surface area contributed by atoms with Crippen LogP contribution in [0.4, 0.5) is 5.69 Å². The molecule has 0 N–H and O–H groups in total. The van der Waals surface area contributed by atoms with Crippen LogP contribution in [-0.4, -0.2) is 46.2 Å². The van der Waals surface area contributed by atoms with Crippen molar-refractivity contribution in [3.63, 3.8) is 0 Å². The van der Waals surface area contributed by atoms with Crippen LogP contribution in [-0.2, 0) is 26.0 Å². The van der Waals surface area contributed by atoms with Crippen LogP contribution in [0.3, 0.4) is 0 Å². The molecule has 0 fully saturated rings. The number of carbonyl (C=O) groups excluding carboxylic acids is 2. The maximum Gasteiger partial charge on any atom is 0.344 e. The molecule has 2 aromatic rings. The summed E-state index contributed by atoms with van der Waals surface area (Å²) in [5.74, 6) is -0.418. The van der Waals surface area contributed by atoms with Gasteiger partial charge in [-0.05, 0) is 73.7 Å². The number of ketones is 1. The zero-order valence-corrected chi connectivity index (χ0v) is 18.1. The third kappa shape index (κ3) is 5.38.